The molecule has 0 aromatic heterocycles. The molecule has 0 aliphatic heterocycles. The van der Waals surface area contributed by atoms with Crippen molar-refractivity contribution in [1.82, 2.24) is 16.0 Å². The van der Waals surface area contributed by atoms with Gasteiger partial charge in [0.05, 0.1) is 7.11 Å². The first-order valence-corrected chi connectivity index (χ1v) is 10.5. The van der Waals surface area contributed by atoms with E-state index in [0.717, 1.165) is 68.8 Å². The number of nitrogens with zero attached hydrogens (tertiary/aromatic N) is 1. The van der Waals surface area contributed by atoms with Crippen LogP contribution in [-0.2, 0) is 11.2 Å². The van der Waals surface area contributed by atoms with Crippen LogP contribution in [0.1, 0.15) is 49.7 Å². The second-order valence-corrected chi connectivity index (χ2v) is 8.04. The van der Waals surface area contributed by atoms with Crippen LogP contribution in [-0.4, -0.2) is 44.7 Å². The van der Waals surface area contributed by atoms with Crippen molar-refractivity contribution in [3.63, 3.8) is 0 Å². The van der Waals surface area contributed by atoms with Crippen molar-refractivity contribution in [2.45, 2.75) is 64.0 Å². The predicted molar refractivity (Wildman–Crippen MR) is 113 cm³/mol. The SMILES string of the molecule is CN=C(NCCc1ccc(C)c(OC)c1)NC1CCCC(C(=O)NC2CC2)C1. The molecule has 2 fully saturated rings. The molecule has 28 heavy (non-hydrogen) atoms. The van der Waals surface area contributed by atoms with Crippen molar-refractivity contribution < 1.29 is 9.53 Å². The Hall–Kier alpha value is -2.24. The van der Waals surface area contributed by atoms with Crippen LogP contribution < -0.4 is 20.7 Å². The molecule has 0 bridgehead atoms. The molecule has 1 amide bonds. The van der Waals surface area contributed by atoms with E-state index < -0.39 is 0 Å². The number of hydrogen-bond donors (Lipinski definition) is 3. The number of benzene rings is 1. The zero-order chi connectivity index (χ0) is 19.9. The molecule has 154 valence electrons. The van der Waals surface area contributed by atoms with Crippen molar-refractivity contribution in [1.29, 1.82) is 0 Å². The number of hydrogen-bond acceptors (Lipinski definition) is 3. The van der Waals surface area contributed by atoms with Crippen LogP contribution in [0.25, 0.3) is 0 Å². The lowest BCUT2D eigenvalue weighted by atomic mass is 9.85. The summed E-state index contributed by atoms with van der Waals surface area (Å²) in [5, 5.41) is 10.1. The van der Waals surface area contributed by atoms with E-state index in [9.17, 15) is 4.79 Å². The Labute approximate surface area is 168 Å². The summed E-state index contributed by atoms with van der Waals surface area (Å²) in [6.45, 7) is 2.85. The van der Waals surface area contributed by atoms with Gasteiger partial charge in [0.1, 0.15) is 5.75 Å². The Bertz CT molecular complexity index is 700. The van der Waals surface area contributed by atoms with Crippen LogP contribution in [0.4, 0.5) is 0 Å². The fourth-order valence-electron chi connectivity index (χ4n) is 3.84. The minimum absolute atomic E-state index is 0.130. The summed E-state index contributed by atoms with van der Waals surface area (Å²) in [6.07, 6.45) is 7.23. The number of carbonyl (C=O) groups is 1. The first-order chi connectivity index (χ1) is 13.6. The standard InChI is InChI=1S/C22H34N4O2/c1-15-7-8-16(13-20(15)28-3)11-12-24-22(23-2)26-19-6-4-5-17(14-19)21(27)25-18-9-10-18/h7-8,13,17-19H,4-6,9-12,14H2,1-3H3,(H,25,27)(H2,23,24,26). The van der Waals surface area contributed by atoms with Crippen molar-refractivity contribution in [3.05, 3.63) is 29.3 Å². The summed E-state index contributed by atoms with van der Waals surface area (Å²) in [5.74, 6) is 2.11. The molecule has 2 unspecified atom stereocenters. The van der Waals surface area contributed by atoms with Gasteiger partial charge in [0.25, 0.3) is 0 Å². The highest BCUT2D eigenvalue weighted by molar-refractivity contribution is 5.81. The van der Waals surface area contributed by atoms with Crippen molar-refractivity contribution in [2.75, 3.05) is 20.7 Å². The molecule has 0 saturated heterocycles. The molecular formula is C22H34N4O2. The van der Waals surface area contributed by atoms with E-state index in [4.69, 9.17) is 4.74 Å². The molecule has 2 aliphatic carbocycles. The number of nitrogens with one attached hydrogen (secondary N) is 3. The van der Waals surface area contributed by atoms with E-state index in [1.807, 2.05) is 0 Å². The van der Waals surface area contributed by atoms with E-state index in [1.54, 1.807) is 14.2 Å². The third-order valence-electron chi connectivity index (χ3n) is 5.71. The zero-order valence-electron chi connectivity index (χ0n) is 17.4. The maximum Gasteiger partial charge on any atom is 0.223 e. The Morgan fingerprint density at radius 1 is 1.18 bits per heavy atom. The summed E-state index contributed by atoms with van der Waals surface area (Å²) in [5.41, 5.74) is 2.38. The third kappa shape index (κ3) is 5.88. The minimum Gasteiger partial charge on any atom is -0.496 e. The zero-order valence-corrected chi connectivity index (χ0v) is 17.4. The van der Waals surface area contributed by atoms with Crippen LogP contribution in [0.5, 0.6) is 5.75 Å². The van der Waals surface area contributed by atoms with E-state index in [1.165, 1.54) is 5.56 Å². The Morgan fingerprint density at radius 3 is 2.71 bits per heavy atom. The molecule has 0 heterocycles. The smallest absolute Gasteiger partial charge is 0.223 e. The number of guanidine groups is 1. The van der Waals surface area contributed by atoms with Gasteiger partial charge in [-0.15, -0.1) is 0 Å². The molecule has 2 aliphatic rings. The minimum atomic E-state index is 0.130. The first-order valence-electron chi connectivity index (χ1n) is 10.5. The van der Waals surface area contributed by atoms with Gasteiger partial charge in [-0.1, -0.05) is 18.6 Å². The number of aryl methyl sites for hydroxylation is 1. The van der Waals surface area contributed by atoms with Gasteiger partial charge < -0.3 is 20.7 Å². The summed E-state index contributed by atoms with van der Waals surface area (Å²) in [6, 6.07) is 7.07. The number of ether oxygens (including phenoxy) is 1. The van der Waals surface area contributed by atoms with Crippen LogP contribution in [0.15, 0.2) is 23.2 Å². The molecule has 2 atom stereocenters. The molecule has 3 N–H and O–H groups in total. The predicted octanol–water partition coefficient (Wildman–Crippen LogP) is 2.55. The highest BCUT2D eigenvalue weighted by Crippen LogP contribution is 2.26. The Morgan fingerprint density at radius 2 is 2.00 bits per heavy atom. The summed E-state index contributed by atoms with van der Waals surface area (Å²) >= 11 is 0. The van der Waals surface area contributed by atoms with Gasteiger partial charge in [-0.2, -0.15) is 0 Å². The highest BCUT2D eigenvalue weighted by Gasteiger charge is 2.31. The maximum absolute atomic E-state index is 12.4. The molecule has 2 saturated carbocycles. The third-order valence-corrected chi connectivity index (χ3v) is 5.71. The molecular weight excluding hydrogens is 352 g/mol. The molecule has 6 nitrogen and oxygen atoms in total. The summed E-state index contributed by atoms with van der Waals surface area (Å²) in [7, 11) is 3.50. The normalized spacial score (nSPS) is 22.5. The average molecular weight is 387 g/mol. The maximum atomic E-state index is 12.4. The number of amides is 1. The van der Waals surface area contributed by atoms with Gasteiger partial charge in [-0.25, -0.2) is 0 Å². The summed E-state index contributed by atoms with van der Waals surface area (Å²) in [4.78, 5) is 16.7. The van der Waals surface area contributed by atoms with Gasteiger partial charge in [0, 0.05) is 31.6 Å². The van der Waals surface area contributed by atoms with Crippen LogP contribution in [0.3, 0.4) is 0 Å². The lowest BCUT2D eigenvalue weighted by Gasteiger charge is -2.30. The fraction of sp³-hybridized carbons (Fsp3) is 0.636. The van der Waals surface area contributed by atoms with Gasteiger partial charge in [0.15, 0.2) is 5.96 Å². The van der Waals surface area contributed by atoms with Crippen molar-refractivity contribution in [3.8, 4) is 5.75 Å². The second-order valence-electron chi connectivity index (χ2n) is 8.04. The second kappa shape index (κ2) is 9.80. The number of methoxy groups -OCH3 is 1. The summed E-state index contributed by atoms with van der Waals surface area (Å²) < 4.78 is 5.40. The molecule has 6 heteroatoms. The Balaban J connectivity index is 1.44. The topological polar surface area (TPSA) is 74.8 Å². The van der Waals surface area contributed by atoms with Crippen LogP contribution in [0.2, 0.25) is 0 Å². The fourth-order valence-corrected chi connectivity index (χ4v) is 3.84. The quantitative estimate of drug-likeness (QED) is 0.497. The van der Waals surface area contributed by atoms with E-state index in [0.29, 0.717) is 12.1 Å². The van der Waals surface area contributed by atoms with Crippen LogP contribution in [0, 0.1) is 12.8 Å². The number of aliphatic imine (C=N–C) groups is 1. The molecule has 0 radical (unpaired) electrons. The van der Waals surface area contributed by atoms with Gasteiger partial charge in [0.2, 0.25) is 5.91 Å². The molecule has 1 aromatic rings. The lowest BCUT2D eigenvalue weighted by molar-refractivity contribution is -0.126. The molecule has 3 rings (SSSR count). The first kappa shape index (κ1) is 20.5. The number of carbonyl (C=O) groups excluding carboxylic acids is 1. The molecule has 1 aromatic carbocycles. The van der Waals surface area contributed by atoms with Gasteiger partial charge in [-0.3, -0.25) is 9.79 Å². The van der Waals surface area contributed by atoms with E-state index in [2.05, 4.69) is 46.1 Å². The van der Waals surface area contributed by atoms with Gasteiger partial charge >= 0.3 is 0 Å². The average Bonchev–Trinajstić information content (AvgIpc) is 3.52. The van der Waals surface area contributed by atoms with Crippen molar-refractivity contribution >= 4 is 11.9 Å². The molecule has 0 spiro atoms. The number of rotatable bonds is 7. The van der Waals surface area contributed by atoms with E-state index >= 15 is 0 Å². The van der Waals surface area contributed by atoms with Crippen LogP contribution >= 0.6 is 0 Å². The van der Waals surface area contributed by atoms with E-state index in [-0.39, 0.29) is 11.8 Å². The lowest BCUT2D eigenvalue weighted by Crippen LogP contribution is -2.47. The Kier molecular flexibility index (Phi) is 7.18. The largest absolute Gasteiger partial charge is 0.496 e. The van der Waals surface area contributed by atoms with Gasteiger partial charge in [-0.05, 0) is 62.6 Å². The van der Waals surface area contributed by atoms with Crippen molar-refractivity contribution in [2.24, 2.45) is 10.9 Å². The highest BCUT2D eigenvalue weighted by atomic mass is 16.5. The monoisotopic (exact) mass is 386 g/mol.